The van der Waals surface area contributed by atoms with Gasteiger partial charge in [-0.05, 0) is 31.4 Å². The van der Waals surface area contributed by atoms with E-state index in [0.29, 0.717) is 25.8 Å². The lowest BCUT2D eigenvalue weighted by Crippen LogP contribution is -2.40. The molecule has 0 radical (unpaired) electrons. The molecule has 7 nitrogen and oxygen atoms in total. The minimum absolute atomic E-state index is 0.0210. The molecule has 1 fully saturated rings. The smallest absolute Gasteiger partial charge is 0.427 e. The van der Waals surface area contributed by atoms with Gasteiger partial charge in [-0.1, -0.05) is 30.3 Å². The van der Waals surface area contributed by atoms with E-state index in [1.807, 2.05) is 18.2 Å². The number of unbranched alkanes of at least 4 members (excludes halogenated alkanes) is 1. The number of carbonyl (C=O) groups excluding carboxylic acids is 3. The number of hydrogen-bond donors (Lipinski definition) is 1. The molecule has 0 unspecified atom stereocenters. The van der Waals surface area contributed by atoms with Crippen molar-refractivity contribution in [1.29, 1.82) is 0 Å². The van der Waals surface area contributed by atoms with E-state index >= 15 is 0 Å². The molecule has 118 valence electrons. The van der Waals surface area contributed by atoms with Gasteiger partial charge in [-0.2, -0.15) is 4.90 Å². The maximum Gasteiger partial charge on any atom is 0.427 e. The van der Waals surface area contributed by atoms with Gasteiger partial charge in [0.1, 0.15) is 12.6 Å². The number of hydrogen-bond acceptors (Lipinski definition) is 6. The number of amides is 2. The van der Waals surface area contributed by atoms with Crippen molar-refractivity contribution in [1.82, 2.24) is 4.90 Å². The first-order chi connectivity index (χ1) is 10.6. The number of rotatable bonds is 6. The van der Waals surface area contributed by atoms with Crippen molar-refractivity contribution >= 4 is 18.2 Å². The van der Waals surface area contributed by atoms with E-state index in [1.54, 1.807) is 12.1 Å². The van der Waals surface area contributed by atoms with Gasteiger partial charge >= 0.3 is 18.2 Å². The molecule has 0 saturated carbocycles. The van der Waals surface area contributed by atoms with Crippen molar-refractivity contribution in [3.8, 4) is 0 Å². The lowest BCUT2D eigenvalue weighted by molar-refractivity contribution is -0.136. The van der Waals surface area contributed by atoms with Crippen LogP contribution in [-0.2, 0) is 20.9 Å². The average molecular weight is 306 g/mol. The summed E-state index contributed by atoms with van der Waals surface area (Å²) in [5, 5.41) is 0. The standard InChI is InChI=1S/C15H18N2O5/c16-9-5-4-8-12-13(18)22-15(20)17(12)14(19)21-10-11-6-2-1-3-7-11/h1-3,6-7,12H,4-5,8-10,16H2/t12-/m0/s1. The van der Waals surface area contributed by atoms with E-state index in [1.165, 1.54) is 0 Å². The molecule has 0 aliphatic carbocycles. The highest BCUT2D eigenvalue weighted by molar-refractivity contribution is 6.03. The number of ether oxygens (including phenoxy) is 2. The van der Waals surface area contributed by atoms with Gasteiger partial charge in [-0.3, -0.25) is 0 Å². The Kier molecular flexibility index (Phi) is 5.48. The predicted molar refractivity (Wildman–Crippen MR) is 76.6 cm³/mol. The van der Waals surface area contributed by atoms with Crippen molar-refractivity contribution < 1.29 is 23.9 Å². The lowest BCUT2D eigenvalue weighted by Gasteiger charge is -2.17. The second kappa shape index (κ2) is 7.56. The molecule has 2 rings (SSSR count). The first-order valence-corrected chi connectivity index (χ1v) is 7.09. The summed E-state index contributed by atoms with van der Waals surface area (Å²) >= 11 is 0. The highest BCUT2D eigenvalue weighted by Gasteiger charge is 2.45. The molecule has 1 aromatic rings. The van der Waals surface area contributed by atoms with Crippen LogP contribution < -0.4 is 5.73 Å². The zero-order valence-electron chi connectivity index (χ0n) is 12.1. The van der Waals surface area contributed by atoms with Crippen LogP contribution in [0, 0.1) is 0 Å². The summed E-state index contributed by atoms with van der Waals surface area (Å²) in [5.41, 5.74) is 6.18. The van der Waals surface area contributed by atoms with Crippen LogP contribution in [0.15, 0.2) is 30.3 Å². The Bertz CT molecular complexity index is 546. The van der Waals surface area contributed by atoms with Crippen LogP contribution >= 0.6 is 0 Å². The summed E-state index contributed by atoms with van der Waals surface area (Å²) in [6.07, 6.45) is -0.225. The fraction of sp³-hybridized carbons (Fsp3) is 0.400. The Morgan fingerprint density at radius 2 is 1.95 bits per heavy atom. The van der Waals surface area contributed by atoms with Crippen molar-refractivity contribution in [3.05, 3.63) is 35.9 Å². The molecule has 1 atom stereocenters. The van der Waals surface area contributed by atoms with Gasteiger partial charge in [0.25, 0.3) is 0 Å². The number of benzene rings is 1. The van der Waals surface area contributed by atoms with Crippen molar-refractivity contribution in [2.45, 2.75) is 31.9 Å². The third-order valence-corrected chi connectivity index (χ3v) is 3.30. The summed E-state index contributed by atoms with van der Waals surface area (Å²) < 4.78 is 9.58. The van der Waals surface area contributed by atoms with Gasteiger partial charge in [0.15, 0.2) is 0 Å². The molecule has 0 bridgehead atoms. The van der Waals surface area contributed by atoms with E-state index in [0.717, 1.165) is 10.5 Å². The second-order valence-corrected chi connectivity index (χ2v) is 4.90. The second-order valence-electron chi connectivity index (χ2n) is 4.90. The van der Waals surface area contributed by atoms with E-state index in [9.17, 15) is 14.4 Å². The summed E-state index contributed by atoms with van der Waals surface area (Å²) in [5.74, 6) is -0.723. The molecule has 1 heterocycles. The Hall–Kier alpha value is -2.41. The number of carbonyl (C=O) groups is 3. The molecule has 22 heavy (non-hydrogen) atoms. The number of esters is 1. The van der Waals surface area contributed by atoms with Gasteiger partial charge in [-0.25, -0.2) is 14.4 Å². The normalized spacial score (nSPS) is 17.5. The molecule has 0 aromatic heterocycles. The molecule has 2 amide bonds. The average Bonchev–Trinajstić information content (AvgIpc) is 2.80. The van der Waals surface area contributed by atoms with Crippen LogP contribution in [0.1, 0.15) is 24.8 Å². The zero-order valence-corrected chi connectivity index (χ0v) is 12.1. The van der Waals surface area contributed by atoms with E-state index in [2.05, 4.69) is 4.74 Å². The highest BCUT2D eigenvalue weighted by atomic mass is 16.6. The Morgan fingerprint density at radius 1 is 1.23 bits per heavy atom. The fourth-order valence-electron chi connectivity index (χ4n) is 2.16. The molecule has 1 aromatic carbocycles. The Balaban J connectivity index is 1.96. The highest BCUT2D eigenvalue weighted by Crippen LogP contribution is 2.20. The topological polar surface area (TPSA) is 98.9 Å². The van der Waals surface area contributed by atoms with E-state index in [4.69, 9.17) is 10.5 Å². The molecular weight excluding hydrogens is 288 g/mol. The molecular formula is C15H18N2O5. The van der Waals surface area contributed by atoms with Gasteiger partial charge in [-0.15, -0.1) is 0 Å². The largest absolute Gasteiger partial charge is 0.444 e. The number of cyclic esters (lactones) is 2. The summed E-state index contributed by atoms with van der Waals surface area (Å²) in [6, 6.07) is 8.12. The van der Waals surface area contributed by atoms with Crippen LogP contribution in [0.25, 0.3) is 0 Å². The van der Waals surface area contributed by atoms with Crippen molar-refractivity contribution in [2.75, 3.05) is 6.54 Å². The third kappa shape index (κ3) is 3.82. The van der Waals surface area contributed by atoms with Gasteiger partial charge in [0, 0.05) is 0 Å². The predicted octanol–water partition coefficient (Wildman–Crippen LogP) is 1.80. The Morgan fingerprint density at radius 3 is 2.64 bits per heavy atom. The number of nitrogens with zero attached hydrogens (tertiary/aromatic N) is 1. The summed E-state index contributed by atoms with van der Waals surface area (Å²) in [7, 11) is 0. The molecule has 1 aliphatic rings. The third-order valence-electron chi connectivity index (χ3n) is 3.30. The van der Waals surface area contributed by atoms with Crippen LogP contribution in [0.5, 0.6) is 0 Å². The molecule has 7 heteroatoms. The first-order valence-electron chi connectivity index (χ1n) is 7.09. The minimum atomic E-state index is -0.985. The summed E-state index contributed by atoms with van der Waals surface area (Å²) in [6.45, 7) is 0.501. The molecule has 1 saturated heterocycles. The van der Waals surface area contributed by atoms with Crippen LogP contribution in [0.2, 0.25) is 0 Å². The molecule has 2 N–H and O–H groups in total. The quantitative estimate of drug-likeness (QED) is 0.489. The first kappa shape index (κ1) is 16.0. The van der Waals surface area contributed by atoms with Crippen LogP contribution in [-0.4, -0.2) is 35.6 Å². The van der Waals surface area contributed by atoms with E-state index < -0.39 is 24.2 Å². The van der Waals surface area contributed by atoms with Gasteiger partial charge in [0.2, 0.25) is 0 Å². The lowest BCUT2D eigenvalue weighted by atomic mass is 10.1. The monoisotopic (exact) mass is 306 g/mol. The maximum atomic E-state index is 12.0. The fourth-order valence-corrected chi connectivity index (χ4v) is 2.16. The number of nitrogens with two attached hydrogens (primary N) is 1. The minimum Gasteiger partial charge on any atom is -0.444 e. The maximum absolute atomic E-state index is 12.0. The van der Waals surface area contributed by atoms with Crippen molar-refractivity contribution in [2.24, 2.45) is 5.73 Å². The molecule has 0 spiro atoms. The SMILES string of the molecule is NCCCC[C@H]1C(=O)OC(=O)N1C(=O)OCc1ccccc1. The van der Waals surface area contributed by atoms with Gasteiger partial charge in [0.05, 0.1) is 0 Å². The Labute approximate surface area is 128 Å². The van der Waals surface area contributed by atoms with Crippen LogP contribution in [0.3, 0.4) is 0 Å². The molecule has 1 aliphatic heterocycles. The number of imide groups is 1. The van der Waals surface area contributed by atoms with Crippen LogP contribution in [0.4, 0.5) is 9.59 Å². The summed E-state index contributed by atoms with van der Waals surface area (Å²) in [4.78, 5) is 36.1. The van der Waals surface area contributed by atoms with Gasteiger partial charge < -0.3 is 15.2 Å². The zero-order chi connectivity index (χ0) is 15.9. The van der Waals surface area contributed by atoms with E-state index in [-0.39, 0.29) is 6.61 Å². The van der Waals surface area contributed by atoms with Crippen molar-refractivity contribution in [3.63, 3.8) is 0 Å².